The van der Waals surface area contributed by atoms with Gasteiger partial charge in [0, 0.05) is 37.3 Å². The number of carbonyl (C=O) groups excluding carboxylic acids is 1. The number of hydrogen-bond donors (Lipinski definition) is 3. The van der Waals surface area contributed by atoms with Gasteiger partial charge in [-0.3, -0.25) is 10.2 Å². The normalized spacial score (nSPS) is 11.3. The van der Waals surface area contributed by atoms with Gasteiger partial charge in [0.05, 0.1) is 12.2 Å². The highest BCUT2D eigenvalue weighted by Crippen LogP contribution is 2.28. The zero-order chi connectivity index (χ0) is 24.5. The molecule has 0 fully saturated rings. The molecule has 1 atom stereocenters. The molecular weight excluding hydrogens is 476 g/mol. The van der Waals surface area contributed by atoms with Crippen LogP contribution < -0.4 is 15.8 Å². The van der Waals surface area contributed by atoms with Crippen molar-refractivity contribution in [2.45, 2.75) is 26.0 Å². The lowest BCUT2D eigenvalue weighted by molar-refractivity contribution is -0.133. The van der Waals surface area contributed by atoms with Gasteiger partial charge in [-0.1, -0.05) is 54.6 Å². The second kappa shape index (κ2) is 13.4. The Balaban J connectivity index is 0.00000432. The number of benzene rings is 3. The third-order valence-electron chi connectivity index (χ3n) is 5.12. The lowest BCUT2D eigenvalue weighted by Crippen LogP contribution is -2.31. The Morgan fingerprint density at radius 2 is 1.66 bits per heavy atom. The van der Waals surface area contributed by atoms with E-state index in [9.17, 15) is 13.6 Å². The molecule has 0 aromatic heterocycles. The van der Waals surface area contributed by atoms with Crippen molar-refractivity contribution in [1.82, 2.24) is 5.32 Å². The van der Waals surface area contributed by atoms with E-state index in [1.165, 1.54) is 0 Å². The van der Waals surface area contributed by atoms with E-state index in [2.05, 4.69) is 5.32 Å². The number of rotatable bonds is 11. The molecule has 3 aromatic rings. The van der Waals surface area contributed by atoms with Crippen molar-refractivity contribution in [2.75, 3.05) is 13.2 Å². The molecule has 0 bridgehead atoms. The molecule has 0 unspecified atom stereocenters. The number of nitrogen functional groups attached to an aromatic ring is 1. The molecule has 4 N–H and O–H groups in total. The number of carbonyl (C=O) groups is 1. The van der Waals surface area contributed by atoms with Crippen LogP contribution in [0.25, 0.3) is 0 Å². The molecule has 35 heavy (non-hydrogen) atoms. The molecule has 0 aliphatic heterocycles. The summed E-state index contributed by atoms with van der Waals surface area (Å²) in [5.74, 6) is -2.54. The number of nitrogens with two attached hydrogens (primary N) is 1. The standard InChI is InChI=1S/C26H27F2N3O3.ClH/c1-2-33-24(26(32)31-16-18-8-10-19(11-9-18)25(29)30)23-21(27)14-20(15-22(23)28)34-13-12-17-6-4-3-5-7-17;/h3-11,14-15,24H,2,12-13,16H2,1H3,(H3,29,30)(H,31,32);1H/t24-;/m0./s1. The van der Waals surface area contributed by atoms with Gasteiger partial charge in [-0.2, -0.15) is 0 Å². The molecule has 3 aromatic carbocycles. The summed E-state index contributed by atoms with van der Waals surface area (Å²) in [7, 11) is 0. The van der Waals surface area contributed by atoms with E-state index in [-0.39, 0.29) is 43.8 Å². The predicted octanol–water partition coefficient (Wildman–Crippen LogP) is 4.69. The van der Waals surface area contributed by atoms with Gasteiger partial charge in [0.1, 0.15) is 23.2 Å². The van der Waals surface area contributed by atoms with Crippen molar-refractivity contribution in [3.63, 3.8) is 0 Å². The fraction of sp³-hybridized carbons (Fsp3) is 0.231. The summed E-state index contributed by atoms with van der Waals surface area (Å²) in [4.78, 5) is 12.7. The van der Waals surface area contributed by atoms with Gasteiger partial charge in [-0.05, 0) is 18.1 Å². The Bertz CT molecular complexity index is 1110. The number of amidine groups is 1. The minimum absolute atomic E-state index is 0. The maximum absolute atomic E-state index is 14.9. The summed E-state index contributed by atoms with van der Waals surface area (Å²) in [6, 6.07) is 18.4. The predicted molar refractivity (Wildman–Crippen MR) is 133 cm³/mol. The maximum Gasteiger partial charge on any atom is 0.254 e. The summed E-state index contributed by atoms with van der Waals surface area (Å²) in [5.41, 5.74) is 7.29. The van der Waals surface area contributed by atoms with Crippen molar-refractivity contribution in [2.24, 2.45) is 5.73 Å². The molecule has 186 valence electrons. The first-order chi connectivity index (χ1) is 16.4. The summed E-state index contributed by atoms with van der Waals surface area (Å²) in [6.45, 7) is 2.09. The highest BCUT2D eigenvalue weighted by molar-refractivity contribution is 5.94. The van der Waals surface area contributed by atoms with E-state index in [1.807, 2.05) is 30.3 Å². The highest BCUT2D eigenvalue weighted by Gasteiger charge is 2.28. The van der Waals surface area contributed by atoms with Gasteiger partial charge < -0.3 is 20.5 Å². The molecule has 0 aliphatic rings. The number of hydrogen-bond acceptors (Lipinski definition) is 4. The third-order valence-corrected chi connectivity index (χ3v) is 5.12. The average molecular weight is 504 g/mol. The van der Waals surface area contributed by atoms with Gasteiger partial charge in [-0.25, -0.2) is 8.78 Å². The maximum atomic E-state index is 14.9. The van der Waals surface area contributed by atoms with Crippen LogP contribution in [0.5, 0.6) is 5.75 Å². The Morgan fingerprint density at radius 1 is 1.03 bits per heavy atom. The molecule has 9 heteroatoms. The third kappa shape index (κ3) is 7.77. The van der Waals surface area contributed by atoms with Crippen LogP contribution in [0, 0.1) is 17.0 Å². The van der Waals surface area contributed by atoms with Gasteiger partial charge in [0.2, 0.25) is 0 Å². The average Bonchev–Trinajstić information content (AvgIpc) is 2.82. The second-order valence-electron chi connectivity index (χ2n) is 7.55. The summed E-state index contributed by atoms with van der Waals surface area (Å²) < 4.78 is 40.6. The first-order valence-corrected chi connectivity index (χ1v) is 10.9. The number of nitrogens with one attached hydrogen (secondary N) is 2. The van der Waals surface area contributed by atoms with E-state index in [4.69, 9.17) is 20.6 Å². The SMILES string of the molecule is CCO[C@H](C(=O)NCc1ccc(C(=N)N)cc1)c1c(F)cc(OCCc2ccccc2)cc1F.Cl. The van der Waals surface area contributed by atoms with Crippen LogP contribution in [-0.4, -0.2) is 25.0 Å². The van der Waals surface area contributed by atoms with E-state index in [0.29, 0.717) is 12.0 Å². The van der Waals surface area contributed by atoms with Gasteiger partial charge >= 0.3 is 0 Å². The van der Waals surface area contributed by atoms with E-state index >= 15 is 0 Å². The lowest BCUT2D eigenvalue weighted by Gasteiger charge is -2.19. The van der Waals surface area contributed by atoms with Crippen LogP contribution >= 0.6 is 12.4 Å². The van der Waals surface area contributed by atoms with E-state index < -0.39 is 29.2 Å². The largest absolute Gasteiger partial charge is 0.493 e. The molecule has 0 saturated carbocycles. The fourth-order valence-electron chi connectivity index (χ4n) is 3.37. The lowest BCUT2D eigenvalue weighted by atomic mass is 10.1. The van der Waals surface area contributed by atoms with Crippen LogP contribution in [-0.2, 0) is 22.5 Å². The van der Waals surface area contributed by atoms with Crippen LogP contribution in [0.15, 0.2) is 66.7 Å². The summed E-state index contributed by atoms with van der Waals surface area (Å²) in [6.07, 6.45) is -0.872. The summed E-state index contributed by atoms with van der Waals surface area (Å²) >= 11 is 0. The molecule has 1 amide bonds. The molecule has 6 nitrogen and oxygen atoms in total. The van der Waals surface area contributed by atoms with Crippen molar-refractivity contribution in [1.29, 1.82) is 5.41 Å². The Labute approximate surface area is 209 Å². The highest BCUT2D eigenvalue weighted by atomic mass is 35.5. The van der Waals surface area contributed by atoms with Gasteiger partial charge in [-0.15, -0.1) is 12.4 Å². The second-order valence-corrected chi connectivity index (χ2v) is 7.55. The monoisotopic (exact) mass is 503 g/mol. The minimum Gasteiger partial charge on any atom is -0.493 e. The molecule has 0 heterocycles. The van der Waals surface area contributed by atoms with E-state index in [1.54, 1.807) is 31.2 Å². The zero-order valence-electron chi connectivity index (χ0n) is 19.2. The first-order valence-electron chi connectivity index (χ1n) is 10.9. The van der Waals surface area contributed by atoms with Crippen LogP contribution in [0.3, 0.4) is 0 Å². The number of amides is 1. The van der Waals surface area contributed by atoms with Crippen LogP contribution in [0.1, 0.15) is 35.3 Å². The molecule has 0 aliphatic carbocycles. The van der Waals surface area contributed by atoms with Crippen molar-refractivity contribution >= 4 is 24.1 Å². The molecule has 0 spiro atoms. The topological polar surface area (TPSA) is 97.4 Å². The molecular formula is C26H28ClF2N3O3. The fourth-order valence-corrected chi connectivity index (χ4v) is 3.37. The number of ether oxygens (including phenoxy) is 2. The smallest absolute Gasteiger partial charge is 0.254 e. The molecule has 0 saturated heterocycles. The van der Waals surface area contributed by atoms with E-state index in [0.717, 1.165) is 23.3 Å². The van der Waals surface area contributed by atoms with Gasteiger partial charge in [0.15, 0.2) is 6.10 Å². The molecule has 0 radical (unpaired) electrons. The minimum atomic E-state index is -1.46. The number of halogens is 3. The Hall–Kier alpha value is -3.49. The first kappa shape index (κ1) is 27.8. The molecule has 3 rings (SSSR count). The Morgan fingerprint density at radius 3 is 2.23 bits per heavy atom. The van der Waals surface area contributed by atoms with Gasteiger partial charge in [0.25, 0.3) is 5.91 Å². The van der Waals surface area contributed by atoms with Crippen molar-refractivity contribution in [3.05, 3.63) is 101 Å². The summed E-state index contributed by atoms with van der Waals surface area (Å²) in [5, 5.41) is 10.1. The Kier molecular flexibility index (Phi) is 10.6. The van der Waals surface area contributed by atoms with Crippen LogP contribution in [0.2, 0.25) is 0 Å². The zero-order valence-corrected chi connectivity index (χ0v) is 20.0. The van der Waals surface area contributed by atoms with Crippen molar-refractivity contribution < 1.29 is 23.0 Å². The van der Waals surface area contributed by atoms with Crippen LogP contribution in [0.4, 0.5) is 8.78 Å². The van der Waals surface area contributed by atoms with Crippen molar-refractivity contribution in [3.8, 4) is 5.75 Å². The quantitative estimate of drug-likeness (QED) is 0.261.